The lowest BCUT2D eigenvalue weighted by Gasteiger charge is -2.04. The van der Waals surface area contributed by atoms with Crippen LogP contribution in [0.2, 0.25) is 0 Å². The molecule has 0 aliphatic carbocycles. The lowest BCUT2D eigenvalue weighted by Crippen LogP contribution is -2.24. The monoisotopic (exact) mass is 272 g/mol. The standard InChI is InChI=1S/C11H16N4O2.ClH/c1-7(12-3)4-10-13-11(17-15-10)6-9-5-8(2)16-14-9;/h5,7,12H,4,6H2,1-3H3;1H. The van der Waals surface area contributed by atoms with E-state index in [1.165, 1.54) is 0 Å². The zero-order chi connectivity index (χ0) is 12.3. The number of halogens is 1. The van der Waals surface area contributed by atoms with Gasteiger partial charge < -0.3 is 14.4 Å². The molecule has 18 heavy (non-hydrogen) atoms. The molecule has 2 aromatic rings. The van der Waals surface area contributed by atoms with Crippen molar-refractivity contribution in [2.24, 2.45) is 0 Å². The molecule has 0 radical (unpaired) electrons. The molecular formula is C11H17ClN4O2. The van der Waals surface area contributed by atoms with Crippen LogP contribution >= 0.6 is 12.4 Å². The van der Waals surface area contributed by atoms with Crippen molar-refractivity contribution in [2.75, 3.05) is 7.05 Å². The Kier molecular flexibility index (Phi) is 5.30. The molecule has 0 saturated carbocycles. The van der Waals surface area contributed by atoms with Crippen LogP contribution in [0.1, 0.15) is 30.1 Å². The van der Waals surface area contributed by atoms with E-state index in [2.05, 4.69) is 27.5 Å². The highest BCUT2D eigenvalue weighted by Crippen LogP contribution is 2.08. The van der Waals surface area contributed by atoms with Gasteiger partial charge in [0.25, 0.3) is 0 Å². The number of nitrogens with zero attached hydrogens (tertiary/aromatic N) is 3. The summed E-state index contributed by atoms with van der Waals surface area (Å²) in [6.07, 6.45) is 1.26. The molecule has 0 amide bonds. The first-order valence-corrected chi connectivity index (χ1v) is 5.58. The van der Waals surface area contributed by atoms with Crippen LogP contribution in [0.5, 0.6) is 0 Å². The van der Waals surface area contributed by atoms with Gasteiger partial charge in [-0.15, -0.1) is 12.4 Å². The zero-order valence-electron chi connectivity index (χ0n) is 10.6. The highest BCUT2D eigenvalue weighted by molar-refractivity contribution is 5.85. The number of rotatable bonds is 5. The van der Waals surface area contributed by atoms with Crippen LogP contribution < -0.4 is 5.32 Å². The predicted molar refractivity (Wildman–Crippen MR) is 67.8 cm³/mol. The highest BCUT2D eigenvalue weighted by atomic mass is 35.5. The van der Waals surface area contributed by atoms with Gasteiger partial charge >= 0.3 is 0 Å². The minimum Gasteiger partial charge on any atom is -0.361 e. The number of hydrogen-bond acceptors (Lipinski definition) is 6. The third kappa shape index (κ3) is 3.82. The molecule has 1 N–H and O–H groups in total. The lowest BCUT2D eigenvalue weighted by atomic mass is 10.2. The van der Waals surface area contributed by atoms with Crippen molar-refractivity contribution in [2.45, 2.75) is 32.7 Å². The minimum atomic E-state index is 0. The summed E-state index contributed by atoms with van der Waals surface area (Å²) in [6.45, 7) is 3.92. The van der Waals surface area contributed by atoms with Crippen molar-refractivity contribution in [3.8, 4) is 0 Å². The van der Waals surface area contributed by atoms with E-state index >= 15 is 0 Å². The molecule has 0 fully saturated rings. The summed E-state index contributed by atoms with van der Waals surface area (Å²) < 4.78 is 10.1. The Labute approximate surface area is 112 Å². The van der Waals surface area contributed by atoms with E-state index in [0.29, 0.717) is 24.2 Å². The third-order valence-corrected chi connectivity index (χ3v) is 2.50. The summed E-state index contributed by atoms with van der Waals surface area (Å²) in [5.41, 5.74) is 0.805. The Morgan fingerprint density at radius 2 is 2.11 bits per heavy atom. The lowest BCUT2D eigenvalue weighted by molar-refractivity contribution is 0.367. The minimum absolute atomic E-state index is 0. The second-order valence-electron chi connectivity index (χ2n) is 4.10. The van der Waals surface area contributed by atoms with Crippen LogP contribution in [0, 0.1) is 6.92 Å². The fourth-order valence-corrected chi connectivity index (χ4v) is 1.48. The van der Waals surface area contributed by atoms with Crippen LogP contribution in [0.25, 0.3) is 0 Å². The van der Waals surface area contributed by atoms with Gasteiger partial charge in [0.05, 0.1) is 12.1 Å². The van der Waals surface area contributed by atoms with E-state index in [0.717, 1.165) is 17.9 Å². The summed E-state index contributed by atoms with van der Waals surface area (Å²) in [5, 5.41) is 10.9. The quantitative estimate of drug-likeness (QED) is 0.889. The van der Waals surface area contributed by atoms with Gasteiger partial charge in [-0.2, -0.15) is 4.98 Å². The van der Waals surface area contributed by atoms with Crippen molar-refractivity contribution in [3.63, 3.8) is 0 Å². The van der Waals surface area contributed by atoms with Crippen LogP contribution in [-0.4, -0.2) is 28.4 Å². The van der Waals surface area contributed by atoms with Crippen molar-refractivity contribution in [1.82, 2.24) is 20.6 Å². The maximum absolute atomic E-state index is 5.15. The number of nitrogens with one attached hydrogen (secondary N) is 1. The highest BCUT2D eigenvalue weighted by Gasteiger charge is 2.11. The molecule has 6 nitrogen and oxygen atoms in total. The Hall–Kier alpha value is -1.40. The number of hydrogen-bond donors (Lipinski definition) is 1. The molecule has 0 bridgehead atoms. The molecule has 0 aliphatic rings. The van der Waals surface area contributed by atoms with Crippen LogP contribution in [0.4, 0.5) is 0 Å². The third-order valence-electron chi connectivity index (χ3n) is 2.50. The first-order chi connectivity index (χ1) is 8.17. The van der Waals surface area contributed by atoms with Gasteiger partial charge in [-0.1, -0.05) is 10.3 Å². The van der Waals surface area contributed by atoms with Crippen LogP contribution in [-0.2, 0) is 12.8 Å². The molecule has 2 aromatic heterocycles. The number of likely N-dealkylation sites (N-methyl/N-ethyl adjacent to an activating group) is 1. The molecule has 2 heterocycles. The summed E-state index contributed by atoms with van der Waals surface area (Å²) in [4.78, 5) is 4.30. The Bertz CT molecular complexity index is 483. The summed E-state index contributed by atoms with van der Waals surface area (Å²) in [7, 11) is 1.91. The Balaban J connectivity index is 0.00000162. The second-order valence-corrected chi connectivity index (χ2v) is 4.10. The molecule has 0 saturated heterocycles. The van der Waals surface area contributed by atoms with Gasteiger partial charge in [-0.05, 0) is 20.9 Å². The SMILES string of the molecule is CNC(C)Cc1noc(Cc2cc(C)on2)n1.Cl. The summed E-state index contributed by atoms with van der Waals surface area (Å²) >= 11 is 0. The first kappa shape index (κ1) is 14.7. The van der Waals surface area contributed by atoms with Crippen molar-refractivity contribution in [3.05, 3.63) is 29.2 Å². The van der Waals surface area contributed by atoms with E-state index in [1.54, 1.807) is 0 Å². The van der Waals surface area contributed by atoms with Crippen molar-refractivity contribution in [1.29, 1.82) is 0 Å². The fraction of sp³-hybridized carbons (Fsp3) is 0.545. The van der Waals surface area contributed by atoms with Crippen LogP contribution in [0.3, 0.4) is 0 Å². The molecule has 0 aromatic carbocycles. The van der Waals surface area contributed by atoms with Gasteiger partial charge in [-0.3, -0.25) is 0 Å². The van der Waals surface area contributed by atoms with E-state index in [1.807, 2.05) is 20.0 Å². The average molecular weight is 273 g/mol. The first-order valence-electron chi connectivity index (χ1n) is 5.58. The van der Waals surface area contributed by atoms with Crippen molar-refractivity contribution < 1.29 is 9.05 Å². The molecule has 100 valence electrons. The molecular weight excluding hydrogens is 256 g/mol. The maximum atomic E-state index is 5.15. The largest absolute Gasteiger partial charge is 0.361 e. The number of aromatic nitrogens is 3. The van der Waals surface area contributed by atoms with E-state index in [-0.39, 0.29) is 12.4 Å². The molecule has 0 spiro atoms. The normalized spacial score (nSPS) is 12.2. The van der Waals surface area contributed by atoms with E-state index in [4.69, 9.17) is 9.05 Å². The summed E-state index contributed by atoms with van der Waals surface area (Å²) in [6, 6.07) is 2.19. The van der Waals surface area contributed by atoms with Gasteiger partial charge in [0.15, 0.2) is 5.82 Å². The zero-order valence-corrected chi connectivity index (χ0v) is 11.5. The summed E-state index contributed by atoms with van der Waals surface area (Å²) in [5.74, 6) is 2.06. The van der Waals surface area contributed by atoms with Gasteiger partial charge in [-0.25, -0.2) is 0 Å². The predicted octanol–water partition coefficient (Wildman–Crippen LogP) is 1.53. The maximum Gasteiger partial charge on any atom is 0.232 e. The molecule has 1 atom stereocenters. The van der Waals surface area contributed by atoms with Gasteiger partial charge in [0, 0.05) is 18.5 Å². The molecule has 0 aliphatic heterocycles. The molecule has 2 rings (SSSR count). The Morgan fingerprint density at radius 1 is 1.33 bits per heavy atom. The molecule has 7 heteroatoms. The second kappa shape index (κ2) is 6.51. The fourth-order valence-electron chi connectivity index (χ4n) is 1.48. The van der Waals surface area contributed by atoms with Gasteiger partial charge in [0.2, 0.25) is 5.89 Å². The van der Waals surface area contributed by atoms with E-state index in [9.17, 15) is 0 Å². The van der Waals surface area contributed by atoms with Crippen molar-refractivity contribution >= 4 is 12.4 Å². The average Bonchev–Trinajstić information content (AvgIpc) is 2.89. The smallest absolute Gasteiger partial charge is 0.232 e. The van der Waals surface area contributed by atoms with E-state index < -0.39 is 0 Å². The van der Waals surface area contributed by atoms with Crippen LogP contribution in [0.15, 0.2) is 15.1 Å². The topological polar surface area (TPSA) is 77.0 Å². The molecule has 1 unspecified atom stereocenters. The van der Waals surface area contributed by atoms with Gasteiger partial charge in [0.1, 0.15) is 5.76 Å². The number of aryl methyl sites for hydroxylation is 1. The Morgan fingerprint density at radius 3 is 2.72 bits per heavy atom.